The minimum atomic E-state index is -0.420. The van der Waals surface area contributed by atoms with E-state index in [4.69, 9.17) is 5.11 Å². The SMILES string of the molecule is C.C.C.C.Cc1nn[nH]n1.O=c1cco[nH]1.O=c1ccocc1O. The molecule has 10 heteroatoms. The van der Waals surface area contributed by atoms with Crippen LogP contribution < -0.4 is 11.0 Å². The maximum Gasteiger partial charge on any atom is 0.279 e. The van der Waals surface area contributed by atoms with Crippen molar-refractivity contribution < 1.29 is 14.0 Å². The number of hydrogen-bond acceptors (Lipinski definition) is 8. The van der Waals surface area contributed by atoms with Crippen LogP contribution in [0.4, 0.5) is 0 Å². The number of aromatic amines is 2. The lowest BCUT2D eigenvalue weighted by Crippen LogP contribution is -1.93. The van der Waals surface area contributed by atoms with Crippen molar-refractivity contribution in [2.45, 2.75) is 36.6 Å². The normalized spacial score (nSPS) is 7.38. The molecule has 0 amide bonds. The molecule has 24 heavy (non-hydrogen) atoms. The summed E-state index contributed by atoms with van der Waals surface area (Å²) in [5.74, 6) is 0.322. The number of aryl methyl sites for hydroxylation is 1. The maximum atomic E-state index is 10.3. The van der Waals surface area contributed by atoms with Gasteiger partial charge in [0.2, 0.25) is 5.43 Å². The Labute approximate surface area is 140 Å². The molecule has 0 saturated heterocycles. The number of tetrazole rings is 1. The van der Waals surface area contributed by atoms with Crippen molar-refractivity contribution >= 4 is 0 Å². The predicted octanol–water partition coefficient (Wildman–Crippen LogP) is 2.37. The molecule has 0 atom stereocenters. The summed E-state index contributed by atoms with van der Waals surface area (Å²) in [5.41, 5.74) is -0.619. The molecule has 10 nitrogen and oxygen atoms in total. The lowest BCUT2D eigenvalue weighted by atomic mass is 10.5. The molecule has 0 aliphatic heterocycles. The van der Waals surface area contributed by atoms with Crippen molar-refractivity contribution in [3.8, 4) is 5.75 Å². The van der Waals surface area contributed by atoms with Crippen LogP contribution >= 0.6 is 0 Å². The van der Waals surface area contributed by atoms with Crippen LogP contribution in [0.1, 0.15) is 35.5 Å². The first-order valence-corrected chi connectivity index (χ1v) is 5.17. The summed E-state index contributed by atoms with van der Waals surface area (Å²) < 4.78 is 8.72. The quantitative estimate of drug-likeness (QED) is 0.561. The fourth-order valence-electron chi connectivity index (χ4n) is 0.782. The number of rotatable bonds is 0. The van der Waals surface area contributed by atoms with Gasteiger partial charge >= 0.3 is 0 Å². The smallest absolute Gasteiger partial charge is 0.279 e. The molecule has 138 valence electrons. The molecule has 3 rings (SSSR count). The van der Waals surface area contributed by atoms with Crippen LogP contribution in [-0.4, -0.2) is 30.9 Å². The Bertz CT molecular complexity index is 686. The topological polar surface area (TPSA) is 151 Å². The van der Waals surface area contributed by atoms with Crippen LogP contribution in [0.25, 0.3) is 0 Å². The van der Waals surface area contributed by atoms with Crippen LogP contribution in [0.5, 0.6) is 5.75 Å². The molecule has 0 aromatic carbocycles. The van der Waals surface area contributed by atoms with Gasteiger partial charge in [-0.2, -0.15) is 10.4 Å². The molecule has 0 saturated carbocycles. The maximum absolute atomic E-state index is 10.3. The van der Waals surface area contributed by atoms with Crippen molar-refractivity contribution in [2.24, 2.45) is 0 Å². The van der Waals surface area contributed by atoms with Crippen LogP contribution in [-0.2, 0) is 0 Å². The Balaban J connectivity index is -0.000000117. The molecule has 3 N–H and O–H groups in total. The lowest BCUT2D eigenvalue weighted by Gasteiger charge is -1.82. The summed E-state index contributed by atoms with van der Waals surface area (Å²) >= 11 is 0. The van der Waals surface area contributed by atoms with E-state index in [-0.39, 0.29) is 41.0 Å². The van der Waals surface area contributed by atoms with E-state index in [2.05, 4.69) is 34.7 Å². The van der Waals surface area contributed by atoms with Gasteiger partial charge in [-0.3, -0.25) is 9.59 Å². The van der Waals surface area contributed by atoms with Crippen molar-refractivity contribution in [2.75, 3.05) is 0 Å². The largest absolute Gasteiger partial charge is 0.502 e. The van der Waals surface area contributed by atoms with Crippen LogP contribution in [0.3, 0.4) is 0 Å². The van der Waals surface area contributed by atoms with Gasteiger partial charge in [0.05, 0.1) is 6.26 Å². The zero-order chi connectivity index (χ0) is 14.8. The van der Waals surface area contributed by atoms with E-state index in [1.807, 2.05) is 0 Å². The fraction of sp³-hybridized carbons (Fsp3) is 0.357. The second kappa shape index (κ2) is 16.2. The Morgan fingerprint density at radius 3 is 1.96 bits per heavy atom. The molecule has 0 aliphatic rings. The number of aromatic nitrogens is 5. The summed E-state index contributed by atoms with van der Waals surface area (Å²) in [6.45, 7) is 1.77. The molecule has 0 fully saturated rings. The predicted molar refractivity (Wildman–Crippen MR) is 91.8 cm³/mol. The molecular weight excluding hydrogens is 318 g/mol. The van der Waals surface area contributed by atoms with Gasteiger partial charge in [-0.15, -0.1) is 10.2 Å². The van der Waals surface area contributed by atoms with E-state index >= 15 is 0 Å². The van der Waals surface area contributed by atoms with E-state index in [1.165, 1.54) is 18.6 Å². The van der Waals surface area contributed by atoms with Crippen molar-refractivity contribution in [3.05, 3.63) is 57.3 Å². The zero-order valence-electron chi connectivity index (χ0n) is 10.3. The van der Waals surface area contributed by atoms with Crippen molar-refractivity contribution in [1.29, 1.82) is 0 Å². The fourth-order valence-corrected chi connectivity index (χ4v) is 0.782. The van der Waals surface area contributed by atoms with Gasteiger partial charge in [0.15, 0.2) is 11.6 Å². The number of nitrogens with zero attached hydrogens (tertiary/aromatic N) is 3. The summed E-state index contributed by atoms with van der Waals surface area (Å²) in [5, 5.41) is 23.3. The summed E-state index contributed by atoms with van der Waals surface area (Å²) in [6, 6.07) is 2.45. The van der Waals surface area contributed by atoms with E-state index in [0.29, 0.717) is 5.82 Å². The first-order valence-electron chi connectivity index (χ1n) is 5.17. The Morgan fingerprint density at radius 1 is 1.08 bits per heavy atom. The average molecular weight is 345 g/mol. The third-order valence-electron chi connectivity index (χ3n) is 1.63. The molecular formula is C14H27N5O5. The van der Waals surface area contributed by atoms with Gasteiger partial charge in [-0.1, -0.05) is 34.9 Å². The Morgan fingerprint density at radius 2 is 1.75 bits per heavy atom. The first-order chi connectivity index (χ1) is 9.59. The minimum absolute atomic E-state index is 0. The molecule has 3 aromatic heterocycles. The lowest BCUT2D eigenvalue weighted by molar-refractivity contribution is 0.413. The zero-order valence-corrected chi connectivity index (χ0v) is 10.3. The molecule has 0 spiro atoms. The number of aromatic hydroxyl groups is 1. The number of hydrogen-bond donors (Lipinski definition) is 3. The highest BCUT2D eigenvalue weighted by Crippen LogP contribution is 1.94. The molecule has 0 unspecified atom stereocenters. The van der Waals surface area contributed by atoms with E-state index < -0.39 is 5.43 Å². The summed E-state index contributed by atoms with van der Waals surface area (Å²) in [7, 11) is 0. The first kappa shape index (κ1) is 28.9. The van der Waals surface area contributed by atoms with Crippen LogP contribution in [0.2, 0.25) is 0 Å². The highest BCUT2D eigenvalue weighted by molar-refractivity contribution is 5.10. The third kappa shape index (κ3) is 12.6. The van der Waals surface area contributed by atoms with E-state index in [0.717, 1.165) is 12.3 Å². The average Bonchev–Trinajstić information content (AvgIpc) is 3.08. The number of H-pyrrole nitrogens is 2. The highest BCUT2D eigenvalue weighted by atomic mass is 16.5. The van der Waals surface area contributed by atoms with Gasteiger partial charge in [0.25, 0.3) is 5.56 Å². The Kier molecular flexibility index (Phi) is 19.5. The summed E-state index contributed by atoms with van der Waals surface area (Å²) in [6.07, 6.45) is 3.49. The molecule has 0 bridgehead atoms. The molecule has 0 radical (unpaired) electrons. The van der Waals surface area contributed by atoms with Crippen LogP contribution in [0, 0.1) is 6.92 Å². The highest BCUT2D eigenvalue weighted by Gasteiger charge is 1.89. The second-order valence-electron chi connectivity index (χ2n) is 3.15. The van der Waals surface area contributed by atoms with Gasteiger partial charge in [-0.05, 0) is 6.92 Å². The monoisotopic (exact) mass is 345 g/mol. The van der Waals surface area contributed by atoms with Gasteiger partial charge in [0.1, 0.15) is 12.5 Å². The van der Waals surface area contributed by atoms with Crippen molar-refractivity contribution in [1.82, 2.24) is 25.8 Å². The van der Waals surface area contributed by atoms with E-state index in [1.54, 1.807) is 6.92 Å². The molecule has 3 aromatic rings. The van der Waals surface area contributed by atoms with E-state index in [9.17, 15) is 9.59 Å². The standard InChI is InChI=1S/C5H4O3.C3H3NO2.C2H4N4.4CH4/c6-4-1-2-8-3-5(4)7;5-3-1-2-6-4-3;1-2-3-5-6-4-2;;;;/h1-3,7H;1-2H,(H,4,5);1H3,(H,3,4,5,6);4*1H4. The van der Waals surface area contributed by atoms with Crippen molar-refractivity contribution in [3.63, 3.8) is 0 Å². The van der Waals surface area contributed by atoms with Gasteiger partial charge < -0.3 is 14.0 Å². The Hall–Kier alpha value is -3.17. The molecule has 0 aliphatic carbocycles. The third-order valence-corrected chi connectivity index (χ3v) is 1.63. The van der Waals surface area contributed by atoms with Gasteiger partial charge in [-0.25, -0.2) is 0 Å². The summed E-state index contributed by atoms with van der Waals surface area (Å²) in [4.78, 5) is 20.2. The van der Waals surface area contributed by atoms with Gasteiger partial charge in [0, 0.05) is 12.1 Å². The molecule has 3 heterocycles. The second-order valence-corrected chi connectivity index (χ2v) is 3.15. The van der Waals surface area contributed by atoms with Crippen LogP contribution in [0.15, 0.2) is 49.5 Å². The minimum Gasteiger partial charge on any atom is -0.502 e. The number of nitrogens with one attached hydrogen (secondary N) is 2.